The third kappa shape index (κ3) is 4.33. The van der Waals surface area contributed by atoms with Crippen molar-refractivity contribution in [3.05, 3.63) is 54.1 Å². The van der Waals surface area contributed by atoms with E-state index < -0.39 is 22.0 Å². The van der Waals surface area contributed by atoms with Gasteiger partial charge >= 0.3 is 0 Å². The van der Waals surface area contributed by atoms with Gasteiger partial charge in [0.1, 0.15) is 5.75 Å². The predicted molar refractivity (Wildman–Crippen MR) is 92.6 cm³/mol. The average molecular weight is 348 g/mol. The Morgan fingerprint density at radius 1 is 1.08 bits per heavy atom. The summed E-state index contributed by atoms with van der Waals surface area (Å²) >= 11 is 0. The van der Waals surface area contributed by atoms with Gasteiger partial charge in [-0.15, -0.1) is 0 Å². The summed E-state index contributed by atoms with van der Waals surface area (Å²) in [6.07, 6.45) is 0. The summed E-state index contributed by atoms with van der Waals surface area (Å²) in [5.74, 6) is 0.126. The summed E-state index contributed by atoms with van der Waals surface area (Å²) in [5, 5.41) is 2.72. The van der Waals surface area contributed by atoms with Crippen molar-refractivity contribution in [1.29, 1.82) is 0 Å². The van der Waals surface area contributed by atoms with Crippen LogP contribution < -0.4 is 14.8 Å². The van der Waals surface area contributed by atoms with Gasteiger partial charge in [-0.1, -0.05) is 18.2 Å². The molecular weight excluding hydrogens is 328 g/mol. The first-order valence-electron chi connectivity index (χ1n) is 7.36. The molecule has 128 valence electrons. The predicted octanol–water partition coefficient (Wildman–Crippen LogP) is 2.31. The van der Waals surface area contributed by atoms with Crippen molar-refractivity contribution in [3.63, 3.8) is 0 Å². The number of rotatable bonds is 6. The molecule has 0 saturated heterocycles. The van der Waals surface area contributed by atoms with Crippen LogP contribution in [0.25, 0.3) is 0 Å². The SMILES string of the molecule is COc1ccc(S(=O)(=O)N[C@@H](C)C(=O)Nc2ccccc2C)cc1. The molecule has 6 nitrogen and oxygen atoms in total. The third-order valence-electron chi connectivity index (χ3n) is 3.50. The number of hydrogen-bond acceptors (Lipinski definition) is 4. The van der Waals surface area contributed by atoms with E-state index in [0.29, 0.717) is 11.4 Å². The number of nitrogens with one attached hydrogen (secondary N) is 2. The number of amides is 1. The lowest BCUT2D eigenvalue weighted by Crippen LogP contribution is -2.41. The van der Waals surface area contributed by atoms with Crippen LogP contribution in [0.5, 0.6) is 5.75 Å². The summed E-state index contributed by atoms with van der Waals surface area (Å²) in [7, 11) is -2.30. The Bertz CT molecular complexity index is 817. The first kappa shape index (κ1) is 18.0. The number of hydrogen-bond donors (Lipinski definition) is 2. The fraction of sp³-hybridized carbons (Fsp3) is 0.235. The topological polar surface area (TPSA) is 84.5 Å². The lowest BCUT2D eigenvalue weighted by atomic mass is 10.2. The van der Waals surface area contributed by atoms with Gasteiger partial charge in [0.2, 0.25) is 15.9 Å². The fourth-order valence-electron chi connectivity index (χ4n) is 2.06. The quantitative estimate of drug-likeness (QED) is 0.839. The van der Waals surface area contributed by atoms with Crippen LogP contribution in [0.15, 0.2) is 53.4 Å². The highest BCUT2D eigenvalue weighted by atomic mass is 32.2. The van der Waals surface area contributed by atoms with E-state index in [-0.39, 0.29) is 4.90 Å². The molecule has 7 heteroatoms. The fourth-order valence-corrected chi connectivity index (χ4v) is 3.27. The average Bonchev–Trinajstić information content (AvgIpc) is 2.56. The van der Waals surface area contributed by atoms with E-state index in [0.717, 1.165) is 5.56 Å². The van der Waals surface area contributed by atoms with Crippen LogP contribution in [-0.2, 0) is 14.8 Å². The molecule has 2 rings (SSSR count). The Kier molecular flexibility index (Phi) is 5.58. The monoisotopic (exact) mass is 348 g/mol. The number of para-hydroxylation sites is 1. The number of carbonyl (C=O) groups excluding carboxylic acids is 1. The maximum absolute atomic E-state index is 12.3. The Labute approximate surface area is 141 Å². The standard InChI is InChI=1S/C17H20N2O4S/c1-12-6-4-5-7-16(12)18-17(20)13(2)19-24(21,22)15-10-8-14(23-3)9-11-15/h4-11,13,19H,1-3H3,(H,18,20)/t13-/m0/s1. The maximum Gasteiger partial charge on any atom is 0.242 e. The van der Waals surface area contributed by atoms with Crippen LogP contribution >= 0.6 is 0 Å². The Hall–Kier alpha value is -2.38. The molecule has 0 aromatic heterocycles. The normalized spacial score (nSPS) is 12.5. The minimum atomic E-state index is -3.80. The first-order chi connectivity index (χ1) is 11.3. The van der Waals surface area contributed by atoms with Crippen molar-refractivity contribution >= 4 is 21.6 Å². The zero-order valence-electron chi connectivity index (χ0n) is 13.7. The second-order valence-electron chi connectivity index (χ2n) is 5.32. The molecule has 1 amide bonds. The first-order valence-corrected chi connectivity index (χ1v) is 8.84. The molecule has 0 bridgehead atoms. The second-order valence-corrected chi connectivity index (χ2v) is 7.04. The van der Waals surface area contributed by atoms with Gasteiger partial charge < -0.3 is 10.1 Å². The number of ether oxygens (including phenoxy) is 1. The van der Waals surface area contributed by atoms with Crippen molar-refractivity contribution < 1.29 is 17.9 Å². The lowest BCUT2D eigenvalue weighted by molar-refractivity contribution is -0.117. The van der Waals surface area contributed by atoms with Gasteiger partial charge in [-0.05, 0) is 49.7 Å². The van der Waals surface area contributed by atoms with Crippen LogP contribution in [0.2, 0.25) is 0 Å². The Balaban J connectivity index is 2.08. The molecule has 0 saturated carbocycles. The highest BCUT2D eigenvalue weighted by Crippen LogP contribution is 2.16. The molecule has 0 aliphatic rings. The highest BCUT2D eigenvalue weighted by molar-refractivity contribution is 7.89. The smallest absolute Gasteiger partial charge is 0.242 e. The molecule has 0 spiro atoms. The molecular formula is C17H20N2O4S. The summed E-state index contributed by atoms with van der Waals surface area (Å²) in [4.78, 5) is 12.3. The van der Waals surface area contributed by atoms with Crippen molar-refractivity contribution in [2.24, 2.45) is 0 Å². The van der Waals surface area contributed by atoms with Gasteiger partial charge in [0, 0.05) is 5.69 Å². The van der Waals surface area contributed by atoms with Gasteiger partial charge in [-0.25, -0.2) is 8.42 Å². The van der Waals surface area contributed by atoms with Crippen LogP contribution in [0.4, 0.5) is 5.69 Å². The molecule has 0 heterocycles. The van der Waals surface area contributed by atoms with E-state index in [2.05, 4.69) is 10.0 Å². The molecule has 1 atom stereocenters. The van der Waals surface area contributed by atoms with Gasteiger partial charge in [0.25, 0.3) is 0 Å². The number of anilines is 1. The zero-order valence-corrected chi connectivity index (χ0v) is 14.6. The Morgan fingerprint density at radius 2 is 1.71 bits per heavy atom. The molecule has 2 aromatic rings. The molecule has 0 aliphatic heterocycles. The lowest BCUT2D eigenvalue weighted by Gasteiger charge is -2.15. The number of methoxy groups -OCH3 is 1. The van der Waals surface area contributed by atoms with Crippen LogP contribution in [0.1, 0.15) is 12.5 Å². The molecule has 2 N–H and O–H groups in total. The van der Waals surface area contributed by atoms with E-state index in [4.69, 9.17) is 4.74 Å². The van der Waals surface area contributed by atoms with Gasteiger partial charge in [-0.2, -0.15) is 4.72 Å². The van der Waals surface area contributed by atoms with E-state index in [1.807, 2.05) is 19.1 Å². The van der Waals surface area contributed by atoms with Gasteiger partial charge in [0.15, 0.2) is 0 Å². The summed E-state index contributed by atoms with van der Waals surface area (Å²) < 4.78 is 32.0. The summed E-state index contributed by atoms with van der Waals surface area (Å²) in [6, 6.07) is 12.3. The summed E-state index contributed by atoms with van der Waals surface area (Å²) in [6.45, 7) is 3.36. The second kappa shape index (κ2) is 7.46. The van der Waals surface area contributed by atoms with E-state index in [1.165, 1.54) is 26.2 Å². The number of benzene rings is 2. The third-order valence-corrected chi connectivity index (χ3v) is 5.05. The van der Waals surface area contributed by atoms with Crippen molar-refractivity contribution in [3.8, 4) is 5.75 Å². The number of sulfonamides is 1. The van der Waals surface area contributed by atoms with Gasteiger partial charge in [0.05, 0.1) is 18.0 Å². The largest absolute Gasteiger partial charge is 0.497 e. The molecule has 0 fully saturated rings. The maximum atomic E-state index is 12.3. The molecule has 24 heavy (non-hydrogen) atoms. The highest BCUT2D eigenvalue weighted by Gasteiger charge is 2.22. The van der Waals surface area contributed by atoms with Crippen molar-refractivity contribution in [1.82, 2.24) is 4.72 Å². The van der Waals surface area contributed by atoms with Crippen LogP contribution in [0.3, 0.4) is 0 Å². The molecule has 0 aliphatic carbocycles. The number of aryl methyl sites for hydroxylation is 1. The van der Waals surface area contributed by atoms with Crippen LogP contribution in [-0.4, -0.2) is 27.5 Å². The molecule has 0 radical (unpaired) electrons. The van der Waals surface area contributed by atoms with E-state index in [1.54, 1.807) is 24.3 Å². The molecule has 2 aromatic carbocycles. The van der Waals surface area contributed by atoms with Crippen LogP contribution in [0, 0.1) is 6.92 Å². The van der Waals surface area contributed by atoms with E-state index >= 15 is 0 Å². The minimum absolute atomic E-state index is 0.0684. The van der Waals surface area contributed by atoms with Crippen molar-refractivity contribution in [2.75, 3.05) is 12.4 Å². The zero-order chi connectivity index (χ0) is 17.7. The van der Waals surface area contributed by atoms with Gasteiger partial charge in [-0.3, -0.25) is 4.79 Å². The van der Waals surface area contributed by atoms with Crippen molar-refractivity contribution in [2.45, 2.75) is 24.8 Å². The number of carbonyl (C=O) groups is 1. The molecule has 0 unspecified atom stereocenters. The summed E-state index contributed by atoms with van der Waals surface area (Å²) in [5.41, 5.74) is 1.55. The van der Waals surface area contributed by atoms with E-state index in [9.17, 15) is 13.2 Å². The Morgan fingerprint density at radius 3 is 2.29 bits per heavy atom. The minimum Gasteiger partial charge on any atom is -0.497 e.